The van der Waals surface area contributed by atoms with Crippen molar-refractivity contribution in [3.63, 3.8) is 0 Å². The van der Waals surface area contributed by atoms with Crippen LogP contribution in [0.2, 0.25) is 10.0 Å². The van der Waals surface area contributed by atoms with Gasteiger partial charge in [0.25, 0.3) is 0 Å². The summed E-state index contributed by atoms with van der Waals surface area (Å²) in [4.78, 5) is 4.62. The number of rotatable bonds is 3. The molecule has 1 aromatic rings. The van der Waals surface area contributed by atoms with Crippen molar-refractivity contribution in [2.75, 3.05) is 6.54 Å². The quantitative estimate of drug-likeness (QED) is 0.894. The van der Waals surface area contributed by atoms with Crippen LogP contribution in [0.25, 0.3) is 0 Å². The Kier molecular flexibility index (Phi) is 5.43. The Bertz CT molecular complexity index is 465. The second kappa shape index (κ2) is 6.87. The first-order chi connectivity index (χ1) is 9.04. The molecule has 0 aliphatic carbocycles. The third-order valence-corrected chi connectivity index (χ3v) is 4.67. The van der Waals surface area contributed by atoms with E-state index in [-0.39, 0.29) is 0 Å². The molecule has 0 saturated carbocycles. The fourth-order valence-corrected chi connectivity index (χ4v) is 3.83. The van der Waals surface area contributed by atoms with Crippen molar-refractivity contribution in [1.29, 1.82) is 0 Å². The third-order valence-electron chi connectivity index (χ3n) is 3.02. The monoisotopic (exact) mass is 316 g/mol. The predicted molar refractivity (Wildman–Crippen MR) is 86.7 cm³/mol. The molecule has 2 nitrogen and oxygen atoms in total. The van der Waals surface area contributed by atoms with Crippen LogP contribution in [0.4, 0.5) is 0 Å². The summed E-state index contributed by atoms with van der Waals surface area (Å²) < 4.78 is 0. The molecule has 1 heterocycles. The van der Waals surface area contributed by atoms with Gasteiger partial charge < -0.3 is 5.32 Å². The maximum absolute atomic E-state index is 6.14. The van der Waals surface area contributed by atoms with Crippen LogP contribution < -0.4 is 5.32 Å². The number of thioether (sulfide) groups is 1. The zero-order chi connectivity index (χ0) is 13.8. The molecule has 0 amide bonds. The topological polar surface area (TPSA) is 24.4 Å². The maximum atomic E-state index is 6.14. The Morgan fingerprint density at radius 3 is 2.84 bits per heavy atom. The van der Waals surface area contributed by atoms with Gasteiger partial charge in [-0.15, -0.1) is 0 Å². The molecule has 1 aliphatic rings. The third kappa shape index (κ3) is 4.59. The zero-order valence-corrected chi connectivity index (χ0v) is 13.4. The standard InChI is InChI=1S/C14H18Cl2N2S/c1-9-7-10(2)19-14(18-9)17-6-5-11-3-4-12(15)8-13(11)16/h3-4,8-10H,5-7H2,1-2H3,(H,17,18). The van der Waals surface area contributed by atoms with E-state index in [2.05, 4.69) is 24.2 Å². The lowest BCUT2D eigenvalue weighted by Crippen LogP contribution is -2.38. The molecule has 2 unspecified atom stereocenters. The maximum Gasteiger partial charge on any atom is 0.157 e. The van der Waals surface area contributed by atoms with Crippen LogP contribution in [0.3, 0.4) is 0 Å². The summed E-state index contributed by atoms with van der Waals surface area (Å²) in [5.74, 6) is 0. The first-order valence-corrected chi connectivity index (χ1v) is 8.09. The first kappa shape index (κ1) is 15.0. The van der Waals surface area contributed by atoms with Crippen molar-refractivity contribution >= 4 is 40.1 Å². The number of amidine groups is 1. The van der Waals surface area contributed by atoms with Crippen LogP contribution in [0, 0.1) is 0 Å². The molecule has 0 aromatic heterocycles. The van der Waals surface area contributed by atoms with E-state index in [1.807, 2.05) is 23.9 Å². The van der Waals surface area contributed by atoms with E-state index in [0.717, 1.165) is 28.7 Å². The van der Waals surface area contributed by atoms with Crippen LogP contribution >= 0.6 is 35.0 Å². The SMILES string of the molecule is CC1CC(C)SC(=NCCc2ccc(Cl)cc2Cl)N1. The van der Waals surface area contributed by atoms with Gasteiger partial charge in [-0.2, -0.15) is 0 Å². The van der Waals surface area contributed by atoms with Crippen molar-refractivity contribution in [3.8, 4) is 0 Å². The van der Waals surface area contributed by atoms with Gasteiger partial charge in [0.1, 0.15) is 0 Å². The highest BCUT2D eigenvalue weighted by Gasteiger charge is 2.19. The average Bonchev–Trinajstić information content (AvgIpc) is 2.30. The fourth-order valence-electron chi connectivity index (χ4n) is 2.13. The van der Waals surface area contributed by atoms with Crippen molar-refractivity contribution in [1.82, 2.24) is 5.32 Å². The van der Waals surface area contributed by atoms with E-state index in [1.165, 1.54) is 6.42 Å². The highest BCUT2D eigenvalue weighted by Crippen LogP contribution is 2.23. The van der Waals surface area contributed by atoms with Crippen molar-refractivity contribution < 1.29 is 0 Å². The van der Waals surface area contributed by atoms with Crippen LogP contribution in [0.1, 0.15) is 25.8 Å². The molecule has 1 saturated heterocycles. The van der Waals surface area contributed by atoms with E-state index < -0.39 is 0 Å². The van der Waals surface area contributed by atoms with Gasteiger partial charge in [0.15, 0.2) is 5.17 Å². The van der Waals surface area contributed by atoms with Gasteiger partial charge in [-0.3, -0.25) is 4.99 Å². The Labute approximate surface area is 129 Å². The number of benzene rings is 1. The minimum atomic E-state index is 0.508. The molecule has 19 heavy (non-hydrogen) atoms. The Morgan fingerprint density at radius 1 is 1.37 bits per heavy atom. The molecule has 1 aliphatic heterocycles. The van der Waals surface area contributed by atoms with Crippen molar-refractivity contribution in [2.45, 2.75) is 38.0 Å². The summed E-state index contributed by atoms with van der Waals surface area (Å²) in [6, 6.07) is 6.13. The molecular weight excluding hydrogens is 299 g/mol. The lowest BCUT2D eigenvalue weighted by molar-refractivity contribution is 0.597. The number of nitrogens with zero attached hydrogens (tertiary/aromatic N) is 1. The molecule has 1 fully saturated rings. The van der Waals surface area contributed by atoms with Crippen LogP contribution in [-0.2, 0) is 6.42 Å². The average molecular weight is 317 g/mol. The number of nitrogens with one attached hydrogen (secondary N) is 1. The molecule has 2 rings (SSSR count). The summed E-state index contributed by atoms with van der Waals surface area (Å²) in [6.07, 6.45) is 2.03. The predicted octanol–water partition coefficient (Wildman–Crippen LogP) is 4.40. The second-order valence-corrected chi connectivity index (χ2v) is 7.15. The summed E-state index contributed by atoms with van der Waals surface area (Å²) in [7, 11) is 0. The fraction of sp³-hybridized carbons (Fsp3) is 0.500. The van der Waals surface area contributed by atoms with Gasteiger partial charge in [0.05, 0.1) is 0 Å². The van der Waals surface area contributed by atoms with Gasteiger partial charge in [0.2, 0.25) is 0 Å². The van der Waals surface area contributed by atoms with E-state index in [0.29, 0.717) is 16.3 Å². The number of aliphatic imine (C=N–C) groups is 1. The molecule has 1 aromatic carbocycles. The van der Waals surface area contributed by atoms with Gasteiger partial charge in [-0.25, -0.2) is 0 Å². The minimum Gasteiger partial charge on any atom is -0.362 e. The zero-order valence-electron chi connectivity index (χ0n) is 11.1. The van der Waals surface area contributed by atoms with Crippen LogP contribution in [0.5, 0.6) is 0 Å². The normalized spacial score (nSPS) is 25.4. The van der Waals surface area contributed by atoms with Crippen LogP contribution in [0.15, 0.2) is 23.2 Å². The van der Waals surface area contributed by atoms with E-state index >= 15 is 0 Å². The molecule has 0 bridgehead atoms. The largest absolute Gasteiger partial charge is 0.362 e. The molecule has 104 valence electrons. The van der Waals surface area contributed by atoms with Crippen molar-refractivity contribution in [2.24, 2.45) is 4.99 Å². The Balaban J connectivity index is 1.92. The van der Waals surface area contributed by atoms with Crippen molar-refractivity contribution in [3.05, 3.63) is 33.8 Å². The van der Waals surface area contributed by atoms with Crippen LogP contribution in [-0.4, -0.2) is 23.0 Å². The molecular formula is C14H18Cl2N2S. The molecule has 2 atom stereocenters. The van der Waals surface area contributed by atoms with Gasteiger partial charge >= 0.3 is 0 Å². The molecule has 5 heteroatoms. The summed E-state index contributed by atoms with van der Waals surface area (Å²) in [5.41, 5.74) is 1.09. The summed E-state index contributed by atoms with van der Waals surface area (Å²) in [6.45, 7) is 5.19. The highest BCUT2D eigenvalue weighted by molar-refractivity contribution is 8.14. The molecule has 0 spiro atoms. The number of halogens is 2. The summed E-state index contributed by atoms with van der Waals surface area (Å²) in [5, 5.41) is 6.50. The van der Waals surface area contributed by atoms with Gasteiger partial charge in [0, 0.05) is 27.9 Å². The van der Waals surface area contributed by atoms with E-state index in [9.17, 15) is 0 Å². The molecule has 1 N–H and O–H groups in total. The second-order valence-electron chi connectivity index (χ2n) is 4.88. The van der Waals surface area contributed by atoms with E-state index in [4.69, 9.17) is 23.2 Å². The lowest BCUT2D eigenvalue weighted by Gasteiger charge is -2.26. The first-order valence-electron chi connectivity index (χ1n) is 6.46. The Hall–Kier alpha value is -0.380. The highest BCUT2D eigenvalue weighted by atomic mass is 35.5. The summed E-state index contributed by atoms with van der Waals surface area (Å²) >= 11 is 13.8. The van der Waals surface area contributed by atoms with Gasteiger partial charge in [-0.05, 0) is 37.5 Å². The molecule has 0 radical (unpaired) electrons. The number of hydrogen-bond acceptors (Lipinski definition) is 2. The smallest absolute Gasteiger partial charge is 0.157 e. The number of hydrogen-bond donors (Lipinski definition) is 1. The Morgan fingerprint density at radius 2 is 2.16 bits per heavy atom. The lowest BCUT2D eigenvalue weighted by atomic mass is 10.1. The minimum absolute atomic E-state index is 0.508. The van der Waals surface area contributed by atoms with Gasteiger partial charge in [-0.1, -0.05) is 48.0 Å². The van der Waals surface area contributed by atoms with E-state index in [1.54, 1.807) is 6.07 Å².